The Bertz CT molecular complexity index is 646. The van der Waals surface area contributed by atoms with Crippen molar-refractivity contribution in [2.24, 2.45) is 4.99 Å². The molecule has 2 unspecified atom stereocenters. The van der Waals surface area contributed by atoms with E-state index in [1.165, 1.54) is 11.1 Å². The summed E-state index contributed by atoms with van der Waals surface area (Å²) in [4.78, 5) is 7.35. The topological polar surface area (TPSA) is 48.9 Å². The molecule has 0 amide bonds. The van der Waals surface area contributed by atoms with E-state index in [2.05, 4.69) is 72.7 Å². The Morgan fingerprint density at radius 3 is 2.39 bits per heavy atom. The van der Waals surface area contributed by atoms with Crippen molar-refractivity contribution in [2.75, 3.05) is 19.6 Å². The fourth-order valence-electron chi connectivity index (χ4n) is 3.93. The minimum Gasteiger partial charge on any atom is -0.373 e. The first kappa shape index (κ1) is 23.2. The molecule has 0 aromatic heterocycles. The van der Waals surface area contributed by atoms with Gasteiger partial charge in [-0.1, -0.05) is 36.4 Å². The third kappa shape index (κ3) is 7.04. The van der Waals surface area contributed by atoms with Crippen LogP contribution in [-0.2, 0) is 17.8 Å². The van der Waals surface area contributed by atoms with Crippen molar-refractivity contribution in [1.29, 1.82) is 0 Å². The summed E-state index contributed by atoms with van der Waals surface area (Å²) in [6.07, 6.45) is 7.22. The van der Waals surface area contributed by atoms with E-state index < -0.39 is 0 Å². The molecule has 5 nitrogen and oxygen atoms in total. The SMILES string of the molecule is CCNC(=NCc1ccccc1CN1CC(C)OC(C)C1)NC1CC=CC1.I. The van der Waals surface area contributed by atoms with E-state index in [1.807, 2.05) is 0 Å². The van der Waals surface area contributed by atoms with Gasteiger partial charge in [0.05, 0.1) is 18.8 Å². The van der Waals surface area contributed by atoms with E-state index in [9.17, 15) is 0 Å². The van der Waals surface area contributed by atoms with E-state index in [0.717, 1.165) is 45.0 Å². The normalized spacial score (nSPS) is 23.5. The van der Waals surface area contributed by atoms with Crippen LogP contribution in [0.2, 0.25) is 0 Å². The number of hydrogen-bond acceptors (Lipinski definition) is 3. The first-order chi connectivity index (χ1) is 13.1. The fourth-order valence-corrected chi connectivity index (χ4v) is 3.93. The molecule has 0 saturated carbocycles. The Balaban J connectivity index is 0.00000280. The molecule has 2 N–H and O–H groups in total. The maximum Gasteiger partial charge on any atom is 0.191 e. The van der Waals surface area contributed by atoms with E-state index in [4.69, 9.17) is 9.73 Å². The molecule has 3 rings (SSSR count). The summed E-state index contributed by atoms with van der Waals surface area (Å²) in [5.41, 5.74) is 2.66. The maximum atomic E-state index is 5.87. The number of ether oxygens (including phenoxy) is 1. The van der Waals surface area contributed by atoms with Crippen LogP contribution in [0, 0.1) is 0 Å². The Kier molecular flexibility index (Phi) is 9.74. The van der Waals surface area contributed by atoms with Gasteiger partial charge in [0.1, 0.15) is 0 Å². The van der Waals surface area contributed by atoms with Crippen LogP contribution in [-0.4, -0.2) is 48.7 Å². The van der Waals surface area contributed by atoms with Crippen LogP contribution >= 0.6 is 24.0 Å². The average Bonchev–Trinajstić information content (AvgIpc) is 3.13. The Labute approximate surface area is 187 Å². The molecule has 2 atom stereocenters. The number of rotatable bonds is 6. The highest BCUT2D eigenvalue weighted by Crippen LogP contribution is 2.17. The molecule has 1 aromatic rings. The lowest BCUT2D eigenvalue weighted by molar-refractivity contribution is -0.0705. The van der Waals surface area contributed by atoms with E-state index in [0.29, 0.717) is 24.8 Å². The maximum absolute atomic E-state index is 5.87. The van der Waals surface area contributed by atoms with Crippen molar-refractivity contribution >= 4 is 29.9 Å². The Morgan fingerprint density at radius 2 is 1.75 bits per heavy atom. The summed E-state index contributed by atoms with van der Waals surface area (Å²) in [6, 6.07) is 9.14. The van der Waals surface area contributed by atoms with Crippen LogP contribution in [0.25, 0.3) is 0 Å². The van der Waals surface area contributed by atoms with Crippen molar-refractivity contribution in [3.8, 4) is 0 Å². The molecule has 1 aromatic carbocycles. The first-order valence-electron chi connectivity index (χ1n) is 10.3. The van der Waals surface area contributed by atoms with Crippen LogP contribution in [0.4, 0.5) is 0 Å². The summed E-state index contributed by atoms with van der Waals surface area (Å²) < 4.78 is 5.87. The molecule has 0 radical (unpaired) electrons. The average molecular weight is 498 g/mol. The molecule has 1 saturated heterocycles. The fraction of sp³-hybridized carbons (Fsp3) is 0.591. The highest BCUT2D eigenvalue weighted by atomic mass is 127. The number of guanidine groups is 1. The van der Waals surface area contributed by atoms with Crippen LogP contribution in [0.5, 0.6) is 0 Å². The molecule has 1 fully saturated rings. The summed E-state index contributed by atoms with van der Waals surface area (Å²) in [5.74, 6) is 0.912. The van der Waals surface area contributed by atoms with Gasteiger partial charge < -0.3 is 15.4 Å². The number of morpholine rings is 1. The molecule has 1 heterocycles. The van der Waals surface area contributed by atoms with Gasteiger partial charge in [0.2, 0.25) is 0 Å². The first-order valence-corrected chi connectivity index (χ1v) is 10.3. The van der Waals surface area contributed by atoms with E-state index in [1.54, 1.807) is 0 Å². The number of aliphatic imine (C=N–C) groups is 1. The smallest absolute Gasteiger partial charge is 0.191 e. The van der Waals surface area contributed by atoms with Crippen LogP contribution in [0.1, 0.15) is 44.7 Å². The van der Waals surface area contributed by atoms with Crippen molar-refractivity contribution < 1.29 is 4.74 Å². The lowest BCUT2D eigenvalue weighted by Crippen LogP contribution is -2.45. The molecule has 28 heavy (non-hydrogen) atoms. The zero-order chi connectivity index (χ0) is 19.1. The van der Waals surface area contributed by atoms with Gasteiger partial charge in [0.15, 0.2) is 5.96 Å². The number of nitrogens with one attached hydrogen (secondary N) is 2. The molecular weight excluding hydrogens is 463 g/mol. The monoisotopic (exact) mass is 498 g/mol. The third-order valence-electron chi connectivity index (χ3n) is 5.11. The Hall–Kier alpha value is -1.12. The third-order valence-corrected chi connectivity index (χ3v) is 5.11. The predicted molar refractivity (Wildman–Crippen MR) is 127 cm³/mol. The van der Waals surface area contributed by atoms with Gasteiger partial charge in [-0.05, 0) is 44.7 Å². The molecular formula is C22H35IN4O. The summed E-state index contributed by atoms with van der Waals surface area (Å²) in [5, 5.41) is 6.93. The van der Waals surface area contributed by atoms with Crippen molar-refractivity contribution in [3.05, 3.63) is 47.5 Å². The van der Waals surface area contributed by atoms with Gasteiger partial charge in [0, 0.05) is 32.2 Å². The summed E-state index contributed by atoms with van der Waals surface area (Å²) in [7, 11) is 0. The molecule has 0 bridgehead atoms. The standard InChI is InChI=1S/C22H34N4O.HI/c1-4-23-22(25-21-11-7-8-12-21)24-13-19-9-5-6-10-20(19)16-26-14-17(2)27-18(3)15-26;/h5-10,17-18,21H,4,11-16H2,1-3H3,(H2,23,24,25);1H. The highest BCUT2D eigenvalue weighted by Gasteiger charge is 2.22. The largest absolute Gasteiger partial charge is 0.373 e. The number of nitrogens with zero attached hydrogens (tertiary/aromatic N) is 2. The van der Waals surface area contributed by atoms with Gasteiger partial charge in [-0.15, -0.1) is 24.0 Å². The summed E-state index contributed by atoms with van der Waals surface area (Å²) in [6.45, 7) is 10.9. The molecule has 2 aliphatic rings. The number of hydrogen-bond donors (Lipinski definition) is 2. The highest BCUT2D eigenvalue weighted by molar-refractivity contribution is 14.0. The van der Waals surface area contributed by atoms with Crippen molar-refractivity contribution in [2.45, 2.75) is 65.0 Å². The second-order valence-corrected chi connectivity index (χ2v) is 7.70. The zero-order valence-electron chi connectivity index (χ0n) is 17.4. The second-order valence-electron chi connectivity index (χ2n) is 7.70. The molecule has 1 aliphatic heterocycles. The number of halogens is 1. The van der Waals surface area contributed by atoms with Crippen LogP contribution < -0.4 is 10.6 Å². The van der Waals surface area contributed by atoms with Crippen LogP contribution in [0.3, 0.4) is 0 Å². The minimum absolute atomic E-state index is 0. The van der Waals surface area contributed by atoms with Crippen molar-refractivity contribution in [3.63, 3.8) is 0 Å². The molecule has 6 heteroatoms. The van der Waals surface area contributed by atoms with Gasteiger partial charge in [-0.25, -0.2) is 4.99 Å². The molecule has 0 spiro atoms. The summed E-state index contributed by atoms with van der Waals surface area (Å²) >= 11 is 0. The Morgan fingerprint density at radius 1 is 1.11 bits per heavy atom. The van der Waals surface area contributed by atoms with Gasteiger partial charge >= 0.3 is 0 Å². The molecule has 1 aliphatic carbocycles. The lowest BCUT2D eigenvalue weighted by Gasteiger charge is -2.35. The minimum atomic E-state index is 0. The van der Waals surface area contributed by atoms with E-state index >= 15 is 0 Å². The van der Waals surface area contributed by atoms with Crippen LogP contribution in [0.15, 0.2) is 41.4 Å². The quantitative estimate of drug-likeness (QED) is 0.272. The zero-order valence-corrected chi connectivity index (χ0v) is 19.7. The van der Waals surface area contributed by atoms with Gasteiger partial charge in [0.25, 0.3) is 0 Å². The second kappa shape index (κ2) is 11.8. The lowest BCUT2D eigenvalue weighted by atomic mass is 10.1. The number of benzene rings is 1. The predicted octanol–water partition coefficient (Wildman–Crippen LogP) is 3.69. The van der Waals surface area contributed by atoms with Gasteiger partial charge in [-0.2, -0.15) is 0 Å². The van der Waals surface area contributed by atoms with Crippen molar-refractivity contribution in [1.82, 2.24) is 15.5 Å². The van der Waals surface area contributed by atoms with E-state index in [-0.39, 0.29) is 24.0 Å². The van der Waals surface area contributed by atoms with Gasteiger partial charge in [-0.3, -0.25) is 4.90 Å². The molecule has 156 valence electrons.